The number of hydrogen-bond donors (Lipinski definition) is 3. The number of ether oxygens (including phenoxy) is 2. The van der Waals surface area contributed by atoms with Crippen LogP contribution in [0.5, 0.6) is 0 Å². The lowest BCUT2D eigenvalue weighted by molar-refractivity contribution is -0.140. The lowest BCUT2D eigenvalue weighted by Crippen LogP contribution is -2.37. The zero-order valence-corrected chi connectivity index (χ0v) is 11.6. The van der Waals surface area contributed by atoms with E-state index in [9.17, 15) is 19.2 Å². The summed E-state index contributed by atoms with van der Waals surface area (Å²) in [5.74, 6) is -1.51. The molecule has 21 heavy (non-hydrogen) atoms. The summed E-state index contributed by atoms with van der Waals surface area (Å²) in [5, 5.41) is 13.4. The van der Waals surface area contributed by atoms with Crippen LogP contribution < -0.4 is 10.6 Å². The van der Waals surface area contributed by atoms with Crippen molar-refractivity contribution in [1.29, 1.82) is 0 Å². The molecule has 0 bridgehead atoms. The Morgan fingerprint density at radius 3 is 2.48 bits per heavy atom. The Hall–Kier alpha value is -2.00. The average molecular weight is 304 g/mol. The number of carbonyl (C=O) groups is 4. The minimum Gasteiger partial charge on any atom is -0.480 e. The van der Waals surface area contributed by atoms with Crippen molar-refractivity contribution in [1.82, 2.24) is 10.6 Å². The van der Waals surface area contributed by atoms with Gasteiger partial charge >= 0.3 is 5.97 Å². The molecule has 0 radical (unpaired) electrons. The molecule has 0 rings (SSSR count). The van der Waals surface area contributed by atoms with Crippen LogP contribution in [0.2, 0.25) is 0 Å². The summed E-state index contributed by atoms with van der Waals surface area (Å²) in [6, 6.07) is -1.07. The molecule has 0 saturated carbocycles. The lowest BCUT2D eigenvalue weighted by Gasteiger charge is -2.11. The maximum Gasteiger partial charge on any atom is 0.326 e. The average Bonchev–Trinajstić information content (AvgIpc) is 2.46. The second-order valence-electron chi connectivity index (χ2n) is 3.92. The fraction of sp³-hybridized carbons (Fsp3) is 0.667. The summed E-state index contributed by atoms with van der Waals surface area (Å²) in [5.41, 5.74) is 0. The van der Waals surface area contributed by atoms with Crippen molar-refractivity contribution in [3.8, 4) is 0 Å². The van der Waals surface area contributed by atoms with Crippen LogP contribution in [0.3, 0.4) is 0 Å². The van der Waals surface area contributed by atoms with Crippen molar-refractivity contribution in [3.05, 3.63) is 0 Å². The maximum absolute atomic E-state index is 11.4. The normalized spacial score (nSPS) is 11.4. The Labute approximate surface area is 122 Å². The molecule has 0 aromatic heterocycles. The van der Waals surface area contributed by atoms with E-state index < -0.39 is 12.0 Å². The first kappa shape index (κ1) is 19.0. The second kappa shape index (κ2) is 13.0. The van der Waals surface area contributed by atoms with Gasteiger partial charge in [-0.15, -0.1) is 0 Å². The SMILES string of the molecule is O=CCOCCOCCNC(=O)CCC(NC=O)C(=O)O. The van der Waals surface area contributed by atoms with E-state index in [-0.39, 0.29) is 44.9 Å². The van der Waals surface area contributed by atoms with Gasteiger partial charge in [-0.2, -0.15) is 0 Å². The third kappa shape index (κ3) is 11.5. The van der Waals surface area contributed by atoms with Crippen LogP contribution in [0.25, 0.3) is 0 Å². The van der Waals surface area contributed by atoms with Gasteiger partial charge in [-0.05, 0) is 6.42 Å². The number of aldehydes is 1. The predicted octanol–water partition coefficient (Wildman–Crippen LogP) is -1.69. The van der Waals surface area contributed by atoms with Crippen LogP contribution in [0.15, 0.2) is 0 Å². The fourth-order valence-electron chi connectivity index (χ4n) is 1.34. The Bertz CT molecular complexity index is 336. The van der Waals surface area contributed by atoms with Gasteiger partial charge in [0.2, 0.25) is 12.3 Å². The number of hydrogen-bond acceptors (Lipinski definition) is 6. The lowest BCUT2D eigenvalue weighted by atomic mass is 10.1. The molecule has 0 spiro atoms. The summed E-state index contributed by atoms with van der Waals surface area (Å²) in [4.78, 5) is 42.2. The van der Waals surface area contributed by atoms with E-state index >= 15 is 0 Å². The van der Waals surface area contributed by atoms with Gasteiger partial charge in [0.1, 0.15) is 18.9 Å². The minimum atomic E-state index is -1.19. The molecule has 0 aromatic carbocycles. The molecule has 2 amide bonds. The Balaban J connectivity index is 3.55. The van der Waals surface area contributed by atoms with Gasteiger partial charge in [0.15, 0.2) is 0 Å². The van der Waals surface area contributed by atoms with Crippen molar-refractivity contribution in [2.45, 2.75) is 18.9 Å². The van der Waals surface area contributed by atoms with E-state index in [1.54, 1.807) is 0 Å². The molecule has 9 heteroatoms. The summed E-state index contributed by atoms with van der Waals surface area (Å²) < 4.78 is 9.97. The molecule has 0 aliphatic carbocycles. The number of rotatable bonds is 14. The highest BCUT2D eigenvalue weighted by atomic mass is 16.5. The van der Waals surface area contributed by atoms with E-state index in [2.05, 4.69) is 10.6 Å². The van der Waals surface area contributed by atoms with Crippen LogP contribution in [-0.2, 0) is 28.7 Å². The van der Waals surface area contributed by atoms with Gasteiger partial charge in [-0.1, -0.05) is 0 Å². The largest absolute Gasteiger partial charge is 0.480 e. The van der Waals surface area contributed by atoms with E-state index in [1.807, 2.05) is 0 Å². The third-order valence-electron chi connectivity index (χ3n) is 2.35. The molecule has 9 nitrogen and oxygen atoms in total. The minimum absolute atomic E-state index is 0.0136. The first-order valence-electron chi connectivity index (χ1n) is 6.40. The van der Waals surface area contributed by atoms with Crippen LogP contribution in [0.1, 0.15) is 12.8 Å². The van der Waals surface area contributed by atoms with E-state index in [4.69, 9.17) is 14.6 Å². The first-order valence-corrected chi connectivity index (χ1v) is 6.40. The second-order valence-corrected chi connectivity index (χ2v) is 3.92. The highest BCUT2D eigenvalue weighted by molar-refractivity contribution is 5.79. The number of amides is 2. The van der Waals surface area contributed by atoms with Gasteiger partial charge in [0.25, 0.3) is 0 Å². The smallest absolute Gasteiger partial charge is 0.326 e. The third-order valence-corrected chi connectivity index (χ3v) is 2.35. The van der Waals surface area contributed by atoms with Crippen molar-refractivity contribution >= 4 is 24.6 Å². The first-order chi connectivity index (χ1) is 10.1. The van der Waals surface area contributed by atoms with Crippen molar-refractivity contribution in [2.24, 2.45) is 0 Å². The Morgan fingerprint density at radius 1 is 1.14 bits per heavy atom. The highest BCUT2D eigenvalue weighted by Gasteiger charge is 2.17. The number of nitrogens with one attached hydrogen (secondary N) is 2. The molecule has 3 N–H and O–H groups in total. The number of aliphatic carboxylic acids is 1. The predicted molar refractivity (Wildman–Crippen MR) is 70.6 cm³/mol. The molecule has 120 valence electrons. The van der Waals surface area contributed by atoms with Gasteiger partial charge in [0.05, 0.1) is 19.8 Å². The molecule has 1 unspecified atom stereocenters. The quantitative estimate of drug-likeness (QED) is 0.258. The van der Waals surface area contributed by atoms with Crippen LogP contribution >= 0.6 is 0 Å². The topological polar surface area (TPSA) is 131 Å². The van der Waals surface area contributed by atoms with Crippen LogP contribution in [0, 0.1) is 0 Å². The maximum atomic E-state index is 11.4. The highest BCUT2D eigenvalue weighted by Crippen LogP contribution is 1.97. The summed E-state index contributed by atoms with van der Waals surface area (Å²) in [6.45, 7) is 1.20. The summed E-state index contributed by atoms with van der Waals surface area (Å²) in [7, 11) is 0. The summed E-state index contributed by atoms with van der Waals surface area (Å²) >= 11 is 0. The molecule has 0 saturated heterocycles. The molecule has 0 aromatic rings. The Kier molecular flexibility index (Phi) is 11.8. The van der Waals surface area contributed by atoms with Crippen LogP contribution in [0.4, 0.5) is 0 Å². The van der Waals surface area contributed by atoms with E-state index in [1.165, 1.54) is 0 Å². The fourth-order valence-corrected chi connectivity index (χ4v) is 1.34. The van der Waals surface area contributed by atoms with Gasteiger partial charge in [-0.3, -0.25) is 9.59 Å². The molecule has 1 atom stereocenters. The molecular weight excluding hydrogens is 284 g/mol. The number of carboxylic acids is 1. The van der Waals surface area contributed by atoms with Crippen molar-refractivity contribution in [2.75, 3.05) is 33.0 Å². The number of carbonyl (C=O) groups excluding carboxylic acids is 3. The van der Waals surface area contributed by atoms with Crippen molar-refractivity contribution < 1.29 is 33.8 Å². The Morgan fingerprint density at radius 2 is 1.86 bits per heavy atom. The van der Waals surface area contributed by atoms with Gasteiger partial charge in [-0.25, -0.2) is 4.79 Å². The zero-order chi connectivity index (χ0) is 15.9. The van der Waals surface area contributed by atoms with E-state index in [0.717, 1.165) is 0 Å². The molecule has 0 heterocycles. The van der Waals surface area contributed by atoms with E-state index in [0.29, 0.717) is 19.5 Å². The standard InChI is InChI=1S/C12H20N2O7/c15-4-6-21-8-7-20-5-3-13-11(17)2-1-10(12(18)19)14-9-16/h4,9-10H,1-3,5-8H2,(H,13,17)(H,14,16)(H,18,19). The molecular formula is C12H20N2O7. The number of carboxylic acid groups (broad SMARTS) is 1. The monoisotopic (exact) mass is 304 g/mol. The van der Waals surface area contributed by atoms with Gasteiger partial charge < -0.3 is 30.0 Å². The zero-order valence-electron chi connectivity index (χ0n) is 11.6. The summed E-state index contributed by atoms with van der Waals surface area (Å²) in [6.07, 6.45) is 0.932. The molecule has 0 fully saturated rings. The molecule has 0 aliphatic rings. The molecule has 0 aliphatic heterocycles. The van der Waals surface area contributed by atoms with Crippen LogP contribution in [-0.4, -0.2) is 68.7 Å². The van der Waals surface area contributed by atoms with Gasteiger partial charge in [0, 0.05) is 13.0 Å². The van der Waals surface area contributed by atoms with Crippen molar-refractivity contribution in [3.63, 3.8) is 0 Å².